The van der Waals surface area contributed by atoms with E-state index in [0.717, 1.165) is 17.9 Å². The summed E-state index contributed by atoms with van der Waals surface area (Å²) in [5, 5.41) is 0.573. The van der Waals surface area contributed by atoms with Crippen LogP contribution in [0, 0.1) is 6.92 Å². The van der Waals surface area contributed by atoms with Gasteiger partial charge >= 0.3 is 0 Å². The number of hydrogen-bond acceptors (Lipinski definition) is 3. The summed E-state index contributed by atoms with van der Waals surface area (Å²) < 4.78 is 0. The molecule has 1 fully saturated rings. The summed E-state index contributed by atoms with van der Waals surface area (Å²) in [6.07, 6.45) is 8.15. The van der Waals surface area contributed by atoms with Crippen molar-refractivity contribution in [1.82, 2.24) is 9.97 Å². The van der Waals surface area contributed by atoms with E-state index in [1.807, 2.05) is 6.92 Å². The Hall–Kier alpha value is -0.830. The normalized spacial score (nSPS) is 17.1. The third-order valence-electron chi connectivity index (χ3n) is 3.62. The van der Waals surface area contributed by atoms with Crippen LogP contribution in [0.25, 0.3) is 0 Å². The lowest BCUT2D eigenvalue weighted by Gasteiger charge is -2.35. The summed E-state index contributed by atoms with van der Waals surface area (Å²) in [5.74, 6) is 1.01. The molecule has 1 heterocycles. The largest absolute Gasteiger partial charge is 0.354 e. The van der Waals surface area contributed by atoms with Crippen molar-refractivity contribution in [2.24, 2.45) is 0 Å². The van der Waals surface area contributed by atoms with Gasteiger partial charge in [0.05, 0.1) is 0 Å². The fraction of sp³-hybridized carbons (Fsp3) is 0.692. The Morgan fingerprint density at radius 2 is 2.00 bits per heavy atom. The Morgan fingerprint density at radius 3 is 2.65 bits per heavy atom. The molecule has 94 valence electrons. The minimum absolute atomic E-state index is 0.573. The molecule has 1 saturated carbocycles. The first-order valence-corrected chi connectivity index (χ1v) is 6.85. The SMILES string of the molecule is CCN(c1ncnc(Cl)c1C)C1CCCCC1. The molecule has 0 aliphatic heterocycles. The van der Waals surface area contributed by atoms with Crippen LogP contribution in [-0.4, -0.2) is 22.6 Å². The van der Waals surface area contributed by atoms with Gasteiger partial charge in [0.2, 0.25) is 0 Å². The van der Waals surface area contributed by atoms with Crippen LogP contribution in [-0.2, 0) is 0 Å². The van der Waals surface area contributed by atoms with Gasteiger partial charge in [-0.25, -0.2) is 9.97 Å². The minimum atomic E-state index is 0.573. The van der Waals surface area contributed by atoms with Gasteiger partial charge in [-0.3, -0.25) is 0 Å². The number of aromatic nitrogens is 2. The number of halogens is 1. The van der Waals surface area contributed by atoms with E-state index in [-0.39, 0.29) is 0 Å². The van der Waals surface area contributed by atoms with Gasteiger partial charge < -0.3 is 4.90 Å². The zero-order valence-corrected chi connectivity index (χ0v) is 11.4. The second-order valence-corrected chi connectivity index (χ2v) is 5.05. The molecule has 0 amide bonds. The number of hydrogen-bond donors (Lipinski definition) is 0. The smallest absolute Gasteiger partial charge is 0.137 e. The first-order chi connectivity index (χ1) is 8.24. The Morgan fingerprint density at radius 1 is 1.29 bits per heavy atom. The molecular formula is C13H20ClN3. The maximum atomic E-state index is 6.08. The highest BCUT2D eigenvalue weighted by molar-refractivity contribution is 6.30. The van der Waals surface area contributed by atoms with Crippen LogP contribution in [0.4, 0.5) is 5.82 Å². The Balaban J connectivity index is 2.24. The Labute approximate surface area is 108 Å². The van der Waals surface area contributed by atoms with Crippen molar-refractivity contribution in [1.29, 1.82) is 0 Å². The summed E-state index contributed by atoms with van der Waals surface area (Å²) in [5.41, 5.74) is 1.00. The predicted molar refractivity (Wildman–Crippen MR) is 71.7 cm³/mol. The minimum Gasteiger partial charge on any atom is -0.354 e. The van der Waals surface area contributed by atoms with Crippen molar-refractivity contribution in [2.75, 3.05) is 11.4 Å². The van der Waals surface area contributed by atoms with E-state index < -0.39 is 0 Å². The molecule has 1 aromatic rings. The lowest BCUT2D eigenvalue weighted by molar-refractivity contribution is 0.416. The molecule has 1 aromatic heterocycles. The zero-order chi connectivity index (χ0) is 12.3. The molecule has 0 spiro atoms. The van der Waals surface area contributed by atoms with E-state index in [9.17, 15) is 0 Å². The summed E-state index contributed by atoms with van der Waals surface area (Å²) in [7, 11) is 0. The van der Waals surface area contributed by atoms with E-state index >= 15 is 0 Å². The lowest BCUT2D eigenvalue weighted by atomic mass is 9.94. The summed E-state index contributed by atoms with van der Waals surface area (Å²) in [6.45, 7) is 5.17. The number of nitrogens with zero attached hydrogens (tertiary/aromatic N) is 3. The molecule has 0 radical (unpaired) electrons. The van der Waals surface area contributed by atoms with Gasteiger partial charge in [0.15, 0.2) is 0 Å². The van der Waals surface area contributed by atoms with E-state index in [4.69, 9.17) is 11.6 Å². The Bertz CT molecular complexity index is 375. The van der Waals surface area contributed by atoms with Crippen molar-refractivity contribution in [3.63, 3.8) is 0 Å². The average molecular weight is 254 g/mol. The monoisotopic (exact) mass is 253 g/mol. The van der Waals surface area contributed by atoms with Crippen LogP contribution >= 0.6 is 11.6 Å². The highest BCUT2D eigenvalue weighted by Crippen LogP contribution is 2.29. The van der Waals surface area contributed by atoms with E-state index in [0.29, 0.717) is 11.2 Å². The molecule has 0 unspecified atom stereocenters. The fourth-order valence-corrected chi connectivity index (χ4v) is 2.81. The lowest BCUT2D eigenvalue weighted by Crippen LogP contribution is -2.37. The maximum absolute atomic E-state index is 6.08. The van der Waals surface area contributed by atoms with Crippen LogP contribution in [0.15, 0.2) is 6.33 Å². The first kappa shape index (κ1) is 12.6. The standard InChI is InChI=1S/C13H20ClN3/c1-3-17(11-7-5-4-6-8-11)13-10(2)12(14)15-9-16-13/h9,11H,3-8H2,1-2H3. The number of rotatable bonds is 3. The molecule has 0 aromatic carbocycles. The van der Waals surface area contributed by atoms with Crippen molar-refractivity contribution in [3.8, 4) is 0 Å². The Kier molecular flexibility index (Phi) is 4.21. The second kappa shape index (κ2) is 5.67. The van der Waals surface area contributed by atoms with Crippen LogP contribution in [0.3, 0.4) is 0 Å². The zero-order valence-electron chi connectivity index (χ0n) is 10.6. The van der Waals surface area contributed by atoms with Gasteiger partial charge in [0.1, 0.15) is 17.3 Å². The highest BCUT2D eigenvalue weighted by Gasteiger charge is 2.22. The van der Waals surface area contributed by atoms with Crippen LogP contribution in [0.2, 0.25) is 5.15 Å². The molecule has 0 bridgehead atoms. The maximum Gasteiger partial charge on any atom is 0.137 e. The van der Waals surface area contributed by atoms with Crippen molar-refractivity contribution < 1.29 is 0 Å². The third kappa shape index (κ3) is 2.71. The molecule has 0 N–H and O–H groups in total. The fourth-order valence-electron chi connectivity index (χ4n) is 2.68. The predicted octanol–water partition coefficient (Wildman–Crippen LogP) is 3.60. The van der Waals surface area contributed by atoms with Gasteiger partial charge in [-0.15, -0.1) is 0 Å². The second-order valence-electron chi connectivity index (χ2n) is 4.69. The van der Waals surface area contributed by atoms with Gasteiger partial charge in [0, 0.05) is 18.2 Å². The highest BCUT2D eigenvalue weighted by atomic mass is 35.5. The quantitative estimate of drug-likeness (QED) is 0.771. The summed E-state index contributed by atoms with van der Waals surface area (Å²) in [4.78, 5) is 10.8. The molecule has 0 atom stereocenters. The molecule has 2 rings (SSSR count). The molecule has 1 aliphatic rings. The topological polar surface area (TPSA) is 29.0 Å². The molecule has 1 aliphatic carbocycles. The third-order valence-corrected chi connectivity index (χ3v) is 4.01. The summed E-state index contributed by atoms with van der Waals surface area (Å²) in [6, 6.07) is 0.624. The summed E-state index contributed by atoms with van der Waals surface area (Å²) >= 11 is 6.08. The average Bonchev–Trinajstić information content (AvgIpc) is 2.37. The molecule has 17 heavy (non-hydrogen) atoms. The van der Waals surface area contributed by atoms with Crippen LogP contribution in [0.1, 0.15) is 44.6 Å². The first-order valence-electron chi connectivity index (χ1n) is 6.47. The van der Waals surface area contributed by atoms with E-state index in [2.05, 4.69) is 21.8 Å². The van der Waals surface area contributed by atoms with Gasteiger partial charge in [-0.1, -0.05) is 30.9 Å². The van der Waals surface area contributed by atoms with Crippen molar-refractivity contribution in [3.05, 3.63) is 17.0 Å². The van der Waals surface area contributed by atoms with Gasteiger partial charge in [0.25, 0.3) is 0 Å². The van der Waals surface area contributed by atoms with Crippen molar-refractivity contribution in [2.45, 2.75) is 52.0 Å². The van der Waals surface area contributed by atoms with Crippen LogP contribution < -0.4 is 4.90 Å². The molecular weight excluding hydrogens is 234 g/mol. The van der Waals surface area contributed by atoms with Crippen molar-refractivity contribution >= 4 is 17.4 Å². The molecule has 4 heteroatoms. The van der Waals surface area contributed by atoms with Gasteiger partial charge in [-0.2, -0.15) is 0 Å². The number of anilines is 1. The molecule has 0 saturated heterocycles. The van der Waals surface area contributed by atoms with E-state index in [1.165, 1.54) is 32.1 Å². The van der Waals surface area contributed by atoms with Gasteiger partial charge in [-0.05, 0) is 26.7 Å². The molecule has 3 nitrogen and oxygen atoms in total. The van der Waals surface area contributed by atoms with E-state index in [1.54, 1.807) is 6.33 Å². The van der Waals surface area contributed by atoms with Crippen LogP contribution in [0.5, 0.6) is 0 Å².